The third-order valence-electron chi connectivity index (χ3n) is 5.41. The van der Waals surface area contributed by atoms with Crippen LogP contribution in [-0.2, 0) is 22.6 Å². The molecule has 0 aromatic carbocycles. The van der Waals surface area contributed by atoms with Gasteiger partial charge < -0.3 is 13.9 Å². The molecule has 2 aliphatic rings. The molecule has 134 valence electrons. The molecule has 2 fully saturated rings. The third kappa shape index (κ3) is 3.94. The van der Waals surface area contributed by atoms with E-state index in [9.17, 15) is 0 Å². The van der Waals surface area contributed by atoms with Crippen molar-refractivity contribution in [3.05, 3.63) is 54.2 Å². The van der Waals surface area contributed by atoms with Crippen molar-refractivity contribution in [1.29, 1.82) is 0 Å². The minimum Gasteiger partial charge on any atom is -0.468 e. The van der Waals surface area contributed by atoms with E-state index in [-0.39, 0.29) is 5.41 Å². The van der Waals surface area contributed by atoms with Crippen LogP contribution < -0.4 is 0 Å². The van der Waals surface area contributed by atoms with Crippen LogP contribution in [0.4, 0.5) is 0 Å². The highest BCUT2D eigenvalue weighted by molar-refractivity contribution is 5.07. The van der Waals surface area contributed by atoms with Gasteiger partial charge in [0.1, 0.15) is 5.76 Å². The van der Waals surface area contributed by atoms with Gasteiger partial charge in [-0.15, -0.1) is 0 Å². The number of furan rings is 1. The lowest BCUT2D eigenvalue weighted by molar-refractivity contribution is -0.156. The lowest BCUT2D eigenvalue weighted by Gasteiger charge is -2.50. The molecule has 0 amide bonds. The maximum absolute atomic E-state index is 6.13. The molecule has 0 aliphatic carbocycles. The van der Waals surface area contributed by atoms with E-state index in [1.165, 1.54) is 6.42 Å². The number of nitrogens with zero attached hydrogens (tertiary/aromatic N) is 2. The smallest absolute Gasteiger partial charge is 0.117 e. The van der Waals surface area contributed by atoms with Gasteiger partial charge in [0.05, 0.1) is 32.1 Å². The largest absolute Gasteiger partial charge is 0.468 e. The maximum atomic E-state index is 6.13. The van der Waals surface area contributed by atoms with E-state index in [2.05, 4.69) is 22.0 Å². The lowest BCUT2D eigenvalue weighted by atomic mass is 9.73. The Balaban J connectivity index is 1.40. The molecule has 2 unspecified atom stereocenters. The Bertz CT molecular complexity index is 646. The number of fused-ring (bicyclic) bond motifs is 1. The molecule has 4 rings (SSSR count). The molecule has 5 nitrogen and oxygen atoms in total. The van der Waals surface area contributed by atoms with Crippen LogP contribution in [0.3, 0.4) is 0 Å². The van der Waals surface area contributed by atoms with E-state index in [1.54, 1.807) is 12.5 Å². The summed E-state index contributed by atoms with van der Waals surface area (Å²) in [6.07, 6.45) is 9.07. The predicted molar refractivity (Wildman–Crippen MR) is 93.9 cm³/mol. The summed E-state index contributed by atoms with van der Waals surface area (Å²) < 4.78 is 17.8. The van der Waals surface area contributed by atoms with E-state index in [0.717, 1.165) is 57.0 Å². The van der Waals surface area contributed by atoms with Crippen molar-refractivity contribution in [2.75, 3.05) is 26.3 Å². The van der Waals surface area contributed by atoms with E-state index in [4.69, 9.17) is 13.9 Å². The van der Waals surface area contributed by atoms with Crippen molar-refractivity contribution in [1.82, 2.24) is 9.88 Å². The quantitative estimate of drug-likeness (QED) is 0.806. The number of pyridine rings is 1. The fraction of sp³-hybridized carbons (Fsp3) is 0.550. The topological polar surface area (TPSA) is 47.7 Å². The molecule has 0 saturated carbocycles. The SMILES string of the molecule is c1cncc(COCC23CCCOC2CCN(Cc2ccco2)C3)c1. The van der Waals surface area contributed by atoms with Crippen LogP contribution >= 0.6 is 0 Å². The molecule has 2 aromatic heterocycles. The van der Waals surface area contributed by atoms with Gasteiger partial charge in [-0.1, -0.05) is 6.07 Å². The van der Waals surface area contributed by atoms with Gasteiger partial charge in [0, 0.05) is 37.5 Å². The van der Waals surface area contributed by atoms with Crippen molar-refractivity contribution < 1.29 is 13.9 Å². The van der Waals surface area contributed by atoms with Crippen molar-refractivity contribution in [3.8, 4) is 0 Å². The average Bonchev–Trinajstić information content (AvgIpc) is 3.15. The molecule has 5 heteroatoms. The summed E-state index contributed by atoms with van der Waals surface area (Å²) in [5.74, 6) is 1.03. The van der Waals surface area contributed by atoms with Crippen molar-refractivity contribution in [3.63, 3.8) is 0 Å². The Morgan fingerprint density at radius 1 is 1.32 bits per heavy atom. The Kier molecular flexibility index (Phi) is 5.15. The Morgan fingerprint density at radius 3 is 3.16 bits per heavy atom. The van der Waals surface area contributed by atoms with Crippen LogP contribution in [0.15, 0.2) is 47.3 Å². The Hall–Kier alpha value is -1.69. The highest BCUT2D eigenvalue weighted by Gasteiger charge is 2.46. The second-order valence-electron chi connectivity index (χ2n) is 7.26. The summed E-state index contributed by atoms with van der Waals surface area (Å²) >= 11 is 0. The molecule has 4 heterocycles. The van der Waals surface area contributed by atoms with Gasteiger partial charge in [0.25, 0.3) is 0 Å². The lowest BCUT2D eigenvalue weighted by Crippen LogP contribution is -2.56. The fourth-order valence-electron chi connectivity index (χ4n) is 4.21. The predicted octanol–water partition coefficient (Wildman–Crippen LogP) is 3.26. The molecular formula is C20H26N2O3. The molecular weight excluding hydrogens is 316 g/mol. The minimum atomic E-state index is 0.0886. The van der Waals surface area contributed by atoms with Gasteiger partial charge in [-0.25, -0.2) is 0 Å². The van der Waals surface area contributed by atoms with Crippen LogP contribution in [0.5, 0.6) is 0 Å². The highest BCUT2D eigenvalue weighted by Crippen LogP contribution is 2.41. The zero-order valence-electron chi connectivity index (χ0n) is 14.6. The highest BCUT2D eigenvalue weighted by atomic mass is 16.5. The van der Waals surface area contributed by atoms with Gasteiger partial charge in [-0.05, 0) is 43.0 Å². The second-order valence-corrected chi connectivity index (χ2v) is 7.26. The number of piperidine rings is 1. The van der Waals surface area contributed by atoms with E-state index < -0.39 is 0 Å². The van der Waals surface area contributed by atoms with Gasteiger partial charge in [0.15, 0.2) is 0 Å². The summed E-state index contributed by atoms with van der Waals surface area (Å²) in [7, 11) is 0. The maximum Gasteiger partial charge on any atom is 0.117 e. The van der Waals surface area contributed by atoms with Crippen molar-refractivity contribution in [2.24, 2.45) is 5.41 Å². The van der Waals surface area contributed by atoms with Crippen LogP contribution in [0, 0.1) is 5.41 Å². The monoisotopic (exact) mass is 342 g/mol. The number of likely N-dealkylation sites (tertiary alicyclic amines) is 1. The minimum absolute atomic E-state index is 0.0886. The summed E-state index contributed by atoms with van der Waals surface area (Å²) in [5, 5.41) is 0. The molecule has 2 aliphatic heterocycles. The second kappa shape index (κ2) is 7.68. The normalized spacial score (nSPS) is 27.1. The average molecular weight is 342 g/mol. The van der Waals surface area contributed by atoms with Crippen LogP contribution in [0.25, 0.3) is 0 Å². The van der Waals surface area contributed by atoms with E-state index in [0.29, 0.717) is 12.7 Å². The van der Waals surface area contributed by atoms with Crippen LogP contribution in [0.2, 0.25) is 0 Å². The number of rotatable bonds is 6. The fourth-order valence-corrected chi connectivity index (χ4v) is 4.21. The van der Waals surface area contributed by atoms with Gasteiger partial charge >= 0.3 is 0 Å². The van der Waals surface area contributed by atoms with Gasteiger partial charge in [-0.3, -0.25) is 9.88 Å². The molecule has 25 heavy (non-hydrogen) atoms. The summed E-state index contributed by atoms with van der Waals surface area (Å²) in [6.45, 7) is 5.15. The zero-order valence-corrected chi connectivity index (χ0v) is 14.6. The molecule has 0 bridgehead atoms. The first kappa shape index (κ1) is 16.8. The standard InChI is InChI=1S/C20H26N2O3/c1-4-17(12-21-8-1)14-23-16-20-7-3-11-25-19(20)6-9-22(15-20)13-18-5-2-10-24-18/h1-2,4-5,8,10,12,19H,3,6-7,9,11,13-16H2. The first-order valence-electron chi connectivity index (χ1n) is 9.17. The Labute approximate surface area is 148 Å². The first-order chi connectivity index (χ1) is 12.3. The number of hydrogen-bond donors (Lipinski definition) is 0. The van der Waals surface area contributed by atoms with Crippen molar-refractivity contribution in [2.45, 2.75) is 38.5 Å². The molecule has 0 radical (unpaired) electrons. The summed E-state index contributed by atoms with van der Waals surface area (Å²) in [4.78, 5) is 6.64. The van der Waals surface area contributed by atoms with Gasteiger partial charge in [-0.2, -0.15) is 0 Å². The zero-order chi connectivity index (χ0) is 17.0. The first-order valence-corrected chi connectivity index (χ1v) is 9.17. The Morgan fingerprint density at radius 2 is 2.32 bits per heavy atom. The molecule has 2 aromatic rings. The van der Waals surface area contributed by atoms with Crippen LogP contribution in [0.1, 0.15) is 30.6 Å². The number of ether oxygens (including phenoxy) is 2. The van der Waals surface area contributed by atoms with Crippen LogP contribution in [-0.4, -0.2) is 42.3 Å². The van der Waals surface area contributed by atoms with E-state index in [1.807, 2.05) is 18.3 Å². The number of hydrogen-bond acceptors (Lipinski definition) is 5. The van der Waals surface area contributed by atoms with Gasteiger partial charge in [0.2, 0.25) is 0 Å². The van der Waals surface area contributed by atoms with E-state index >= 15 is 0 Å². The molecule has 2 atom stereocenters. The number of aromatic nitrogens is 1. The molecule has 0 N–H and O–H groups in total. The van der Waals surface area contributed by atoms with Crippen molar-refractivity contribution >= 4 is 0 Å². The molecule has 2 saturated heterocycles. The summed E-state index contributed by atoms with van der Waals surface area (Å²) in [6, 6.07) is 8.02. The third-order valence-corrected chi connectivity index (χ3v) is 5.41. The molecule has 0 spiro atoms. The summed E-state index contributed by atoms with van der Waals surface area (Å²) in [5.41, 5.74) is 1.21.